The maximum Gasteiger partial charge on any atom is 0.195 e. The minimum absolute atomic E-state index is 0.0805. The van der Waals surface area contributed by atoms with Gasteiger partial charge < -0.3 is 0 Å². The Morgan fingerprint density at radius 1 is 0.412 bits per heavy atom. The van der Waals surface area contributed by atoms with Crippen molar-refractivity contribution in [2.24, 2.45) is 0 Å². The molecule has 0 aliphatic carbocycles. The van der Waals surface area contributed by atoms with Gasteiger partial charge in [0.1, 0.15) is 0 Å². The molecule has 1 heterocycles. The van der Waals surface area contributed by atoms with Gasteiger partial charge in [0.2, 0.25) is 0 Å². The number of benzene rings is 8. The highest BCUT2D eigenvalue weighted by Crippen LogP contribution is 2.39. The Hall–Kier alpha value is -5.83. The van der Waals surface area contributed by atoms with E-state index in [1.807, 2.05) is 0 Å². The average molecular weight is 673 g/mol. The SMILES string of the molecule is C/C=C\c1c(C)c(C)c(/C=C\C)c2cc(-c3ccc4sc5ccc(-c6ccc7c8ccccc8c8ccccc8c7c6)cc5c(=O)c4c3)ccc12. The molecular formula is C49H36OS. The molecule has 0 N–H and O–H groups in total. The van der Waals surface area contributed by atoms with Gasteiger partial charge in [-0.2, -0.15) is 0 Å². The zero-order valence-corrected chi connectivity index (χ0v) is 30.0. The summed E-state index contributed by atoms with van der Waals surface area (Å²) in [5.74, 6) is 0. The second-order valence-electron chi connectivity index (χ2n) is 13.5. The first-order chi connectivity index (χ1) is 24.9. The van der Waals surface area contributed by atoms with Gasteiger partial charge in [0.15, 0.2) is 5.43 Å². The van der Waals surface area contributed by atoms with Crippen molar-refractivity contribution in [3.8, 4) is 22.3 Å². The minimum Gasteiger partial charge on any atom is -0.289 e. The summed E-state index contributed by atoms with van der Waals surface area (Å²) in [6.07, 6.45) is 8.66. The number of hydrogen-bond acceptors (Lipinski definition) is 2. The lowest BCUT2D eigenvalue weighted by Crippen LogP contribution is -2.01. The molecule has 0 amide bonds. The third-order valence-electron chi connectivity index (χ3n) is 10.7. The van der Waals surface area contributed by atoms with Crippen LogP contribution in [0.5, 0.6) is 0 Å². The summed E-state index contributed by atoms with van der Waals surface area (Å²) in [5.41, 5.74) is 9.52. The van der Waals surface area contributed by atoms with E-state index in [1.165, 1.54) is 65.3 Å². The average Bonchev–Trinajstić information content (AvgIpc) is 3.18. The normalized spacial score (nSPS) is 12.2. The highest BCUT2D eigenvalue weighted by atomic mass is 32.1. The lowest BCUT2D eigenvalue weighted by Gasteiger charge is -2.16. The van der Waals surface area contributed by atoms with Crippen LogP contribution in [-0.4, -0.2) is 0 Å². The van der Waals surface area contributed by atoms with Crippen LogP contribution in [0.4, 0.5) is 0 Å². The molecule has 1 nitrogen and oxygen atoms in total. The number of allylic oxidation sites excluding steroid dienone is 2. The van der Waals surface area contributed by atoms with E-state index in [0.29, 0.717) is 0 Å². The van der Waals surface area contributed by atoms with E-state index in [2.05, 4.69) is 173 Å². The van der Waals surface area contributed by atoms with Crippen molar-refractivity contribution in [1.29, 1.82) is 0 Å². The van der Waals surface area contributed by atoms with E-state index in [4.69, 9.17) is 0 Å². The third kappa shape index (κ3) is 4.93. The fourth-order valence-electron chi connectivity index (χ4n) is 8.06. The van der Waals surface area contributed by atoms with E-state index in [1.54, 1.807) is 11.3 Å². The first kappa shape index (κ1) is 31.2. The fourth-order valence-corrected chi connectivity index (χ4v) is 9.09. The monoisotopic (exact) mass is 672 g/mol. The van der Waals surface area contributed by atoms with Gasteiger partial charge in [-0.15, -0.1) is 11.3 Å². The maximum absolute atomic E-state index is 14.3. The van der Waals surface area contributed by atoms with Gasteiger partial charge in [0.25, 0.3) is 0 Å². The van der Waals surface area contributed by atoms with Crippen LogP contribution in [0.3, 0.4) is 0 Å². The highest BCUT2D eigenvalue weighted by Gasteiger charge is 2.15. The van der Waals surface area contributed by atoms with Crippen LogP contribution in [0.2, 0.25) is 0 Å². The molecule has 1 aromatic heterocycles. The van der Waals surface area contributed by atoms with E-state index in [-0.39, 0.29) is 5.43 Å². The lowest BCUT2D eigenvalue weighted by molar-refractivity contribution is 1.33. The van der Waals surface area contributed by atoms with Crippen molar-refractivity contribution >= 4 is 86.8 Å². The Kier molecular flexibility index (Phi) is 7.45. The van der Waals surface area contributed by atoms with Gasteiger partial charge in [-0.25, -0.2) is 0 Å². The van der Waals surface area contributed by atoms with E-state index < -0.39 is 0 Å². The maximum atomic E-state index is 14.3. The van der Waals surface area contributed by atoms with Gasteiger partial charge in [-0.1, -0.05) is 109 Å². The van der Waals surface area contributed by atoms with Crippen LogP contribution in [0.1, 0.15) is 36.1 Å². The molecule has 0 aliphatic rings. The molecule has 0 aliphatic heterocycles. The minimum atomic E-state index is 0.0805. The summed E-state index contributed by atoms with van der Waals surface area (Å²) in [5, 5.41) is 11.5. The standard InChI is InChI=1S/C49H36OS/c1-5-11-35-29(3)30(4)36(12-6-2)43-25-31(17-21-41(35)43)33-19-23-47-45(27-33)49(50)46-28-34(20-24-48(46)51-47)32-18-22-42-39-15-8-7-13-37(39)38-14-9-10-16-40(38)44(42)26-32/h5-28H,1-4H3/b11-5-,12-6-. The van der Waals surface area contributed by atoms with Crippen molar-refractivity contribution in [2.45, 2.75) is 27.7 Å². The first-order valence-corrected chi connectivity index (χ1v) is 18.4. The Morgan fingerprint density at radius 3 is 1.27 bits per heavy atom. The molecule has 0 atom stereocenters. The molecule has 9 aromatic rings. The number of fused-ring (bicyclic) bond motifs is 9. The van der Waals surface area contributed by atoms with Gasteiger partial charge in [0.05, 0.1) is 0 Å². The summed E-state index contributed by atoms with van der Waals surface area (Å²) in [7, 11) is 0. The van der Waals surface area contributed by atoms with Crippen molar-refractivity contribution in [3.05, 3.63) is 166 Å². The van der Waals surface area contributed by atoms with Crippen LogP contribution in [0.15, 0.2) is 138 Å². The highest BCUT2D eigenvalue weighted by molar-refractivity contribution is 7.24. The van der Waals surface area contributed by atoms with Gasteiger partial charge >= 0.3 is 0 Å². The molecule has 0 unspecified atom stereocenters. The third-order valence-corrected chi connectivity index (χ3v) is 11.9. The molecule has 2 heteroatoms. The Bertz CT molecular complexity index is 2990. The Morgan fingerprint density at radius 2 is 0.784 bits per heavy atom. The predicted octanol–water partition coefficient (Wildman–Crippen LogP) is 14.0. The van der Waals surface area contributed by atoms with Crippen LogP contribution in [0.25, 0.3) is 97.7 Å². The summed E-state index contributed by atoms with van der Waals surface area (Å²) in [6, 6.07) is 43.5. The molecule has 0 radical (unpaired) electrons. The second-order valence-corrected chi connectivity index (χ2v) is 14.6. The van der Waals surface area contributed by atoms with Crippen LogP contribution in [0, 0.1) is 13.8 Å². The summed E-state index contributed by atoms with van der Waals surface area (Å²) in [4.78, 5) is 14.3. The predicted molar refractivity (Wildman–Crippen MR) is 225 cm³/mol. The number of hydrogen-bond donors (Lipinski definition) is 0. The lowest BCUT2D eigenvalue weighted by atomic mass is 9.88. The summed E-state index contributed by atoms with van der Waals surface area (Å²) >= 11 is 1.68. The molecule has 51 heavy (non-hydrogen) atoms. The Labute approximate surface area is 301 Å². The molecule has 0 spiro atoms. The molecule has 0 bridgehead atoms. The van der Waals surface area contributed by atoms with Crippen LogP contribution in [-0.2, 0) is 0 Å². The van der Waals surface area contributed by atoms with E-state index in [0.717, 1.165) is 42.4 Å². The van der Waals surface area contributed by atoms with Gasteiger partial charge in [0, 0.05) is 20.2 Å². The molecule has 244 valence electrons. The zero-order chi connectivity index (χ0) is 34.8. The molecule has 9 rings (SSSR count). The molecule has 0 fully saturated rings. The zero-order valence-electron chi connectivity index (χ0n) is 29.2. The Balaban J connectivity index is 1.20. The molecule has 8 aromatic carbocycles. The van der Waals surface area contributed by atoms with Crippen molar-refractivity contribution in [2.75, 3.05) is 0 Å². The van der Waals surface area contributed by atoms with E-state index >= 15 is 0 Å². The van der Waals surface area contributed by atoms with E-state index in [9.17, 15) is 4.79 Å². The largest absolute Gasteiger partial charge is 0.289 e. The van der Waals surface area contributed by atoms with Crippen LogP contribution >= 0.6 is 11.3 Å². The second kappa shape index (κ2) is 12.2. The molecular weight excluding hydrogens is 637 g/mol. The number of rotatable bonds is 4. The van der Waals surface area contributed by atoms with Crippen molar-refractivity contribution in [3.63, 3.8) is 0 Å². The topological polar surface area (TPSA) is 17.1 Å². The first-order valence-electron chi connectivity index (χ1n) is 17.6. The van der Waals surface area contributed by atoms with Crippen LogP contribution < -0.4 is 5.43 Å². The van der Waals surface area contributed by atoms with Crippen molar-refractivity contribution < 1.29 is 0 Å². The molecule has 0 saturated carbocycles. The van der Waals surface area contributed by atoms with Crippen molar-refractivity contribution in [1.82, 2.24) is 0 Å². The van der Waals surface area contributed by atoms with Gasteiger partial charge in [-0.05, 0) is 152 Å². The van der Waals surface area contributed by atoms with Gasteiger partial charge in [-0.3, -0.25) is 4.79 Å². The summed E-state index contributed by atoms with van der Waals surface area (Å²) < 4.78 is 2.01. The smallest absolute Gasteiger partial charge is 0.195 e. The fraction of sp³-hybridized carbons (Fsp3) is 0.0816. The quantitative estimate of drug-likeness (QED) is 0.134. The summed E-state index contributed by atoms with van der Waals surface area (Å²) in [6.45, 7) is 8.57. The molecule has 0 saturated heterocycles.